The second-order valence-electron chi connectivity index (χ2n) is 3.48. The van der Waals surface area contributed by atoms with Crippen LogP contribution in [0.15, 0.2) is 39.8 Å². The lowest BCUT2D eigenvalue weighted by Gasteiger charge is -2.05. The summed E-state index contributed by atoms with van der Waals surface area (Å²) in [5, 5.41) is 3.76. The third kappa shape index (κ3) is 3.60. The number of thioether (sulfide) groups is 1. The quantitative estimate of drug-likeness (QED) is 0.842. The van der Waals surface area contributed by atoms with Crippen LogP contribution in [0.25, 0.3) is 0 Å². The largest absolute Gasteiger partial charge is 0.372 e. The van der Waals surface area contributed by atoms with Crippen molar-refractivity contribution in [3.05, 3.63) is 45.8 Å². The van der Waals surface area contributed by atoms with Gasteiger partial charge in [0.2, 0.25) is 0 Å². The molecule has 0 amide bonds. The first kappa shape index (κ1) is 13.6. The fourth-order valence-corrected chi connectivity index (χ4v) is 2.82. The number of nitrogens with zero attached hydrogens (tertiary/aromatic N) is 2. The predicted molar refractivity (Wildman–Crippen MR) is 80.3 cm³/mol. The average Bonchev–Trinajstić information content (AvgIpc) is 2.38. The number of hydrogen-bond acceptors (Lipinski definition) is 4. The topological polar surface area (TPSA) is 37.8 Å². The van der Waals surface area contributed by atoms with Gasteiger partial charge in [-0.2, -0.15) is 0 Å². The summed E-state index contributed by atoms with van der Waals surface area (Å²) in [5.74, 6) is 2.29. The lowest BCUT2D eigenvalue weighted by Crippen LogP contribution is -1.99. The van der Waals surface area contributed by atoms with Gasteiger partial charge < -0.3 is 5.32 Å². The Morgan fingerprint density at radius 2 is 2.28 bits per heavy atom. The first-order valence-corrected chi connectivity index (χ1v) is 7.42. The second-order valence-corrected chi connectivity index (χ2v) is 5.82. The number of halogens is 2. The molecule has 0 aliphatic heterocycles. The summed E-state index contributed by atoms with van der Waals surface area (Å²) >= 11 is 11.0. The van der Waals surface area contributed by atoms with E-state index in [4.69, 9.17) is 11.6 Å². The van der Waals surface area contributed by atoms with Crippen molar-refractivity contribution in [3.8, 4) is 0 Å². The van der Waals surface area contributed by atoms with Crippen molar-refractivity contribution in [1.29, 1.82) is 0 Å². The van der Waals surface area contributed by atoms with Crippen LogP contribution in [0.1, 0.15) is 5.82 Å². The highest BCUT2D eigenvalue weighted by Gasteiger charge is 2.04. The molecule has 94 valence electrons. The molecular formula is C12H11BrClN3S. The van der Waals surface area contributed by atoms with Gasteiger partial charge in [-0.3, -0.25) is 0 Å². The number of aromatic nitrogens is 2. The molecule has 1 aromatic heterocycles. The van der Waals surface area contributed by atoms with E-state index in [-0.39, 0.29) is 0 Å². The first-order valence-electron chi connectivity index (χ1n) is 5.26. The summed E-state index contributed by atoms with van der Waals surface area (Å²) in [7, 11) is 1.83. The van der Waals surface area contributed by atoms with Gasteiger partial charge in [0, 0.05) is 23.2 Å². The lowest BCUT2D eigenvalue weighted by molar-refractivity contribution is 1.02. The Bertz CT molecular complexity index is 551. The van der Waals surface area contributed by atoms with E-state index < -0.39 is 0 Å². The minimum Gasteiger partial charge on any atom is -0.372 e. The minimum absolute atomic E-state index is 0.711. The third-order valence-corrected chi connectivity index (χ3v) is 4.00. The molecule has 1 aromatic carbocycles. The Hall–Kier alpha value is -0.780. The van der Waals surface area contributed by atoms with Crippen LogP contribution in [-0.2, 0) is 5.75 Å². The van der Waals surface area contributed by atoms with Gasteiger partial charge in [-0.05, 0) is 34.1 Å². The van der Waals surface area contributed by atoms with Crippen molar-refractivity contribution < 1.29 is 0 Å². The van der Waals surface area contributed by atoms with Crippen molar-refractivity contribution in [1.82, 2.24) is 9.97 Å². The standard InChI is InChI=1S/C12H11BrClN3S/c1-15-12-10(13)6-16-11(17-12)7-18-9-4-2-3-8(14)5-9/h2-6H,7H2,1H3,(H,15,16,17). The number of nitrogens with one attached hydrogen (secondary N) is 1. The van der Waals surface area contributed by atoms with Crippen molar-refractivity contribution in [3.63, 3.8) is 0 Å². The van der Waals surface area contributed by atoms with Crippen LogP contribution in [0.5, 0.6) is 0 Å². The molecule has 0 unspecified atom stereocenters. The van der Waals surface area contributed by atoms with Gasteiger partial charge in [0.1, 0.15) is 11.6 Å². The lowest BCUT2D eigenvalue weighted by atomic mass is 10.4. The van der Waals surface area contributed by atoms with Crippen LogP contribution < -0.4 is 5.32 Å². The van der Waals surface area contributed by atoms with Crippen LogP contribution in [0.3, 0.4) is 0 Å². The third-order valence-electron chi connectivity index (χ3n) is 2.19. The molecule has 0 bridgehead atoms. The van der Waals surface area contributed by atoms with Crippen molar-refractivity contribution >= 4 is 45.1 Å². The number of hydrogen-bond donors (Lipinski definition) is 1. The van der Waals surface area contributed by atoms with Crippen LogP contribution in [0, 0.1) is 0 Å². The van der Waals surface area contributed by atoms with Crippen LogP contribution in [-0.4, -0.2) is 17.0 Å². The van der Waals surface area contributed by atoms with Gasteiger partial charge in [-0.1, -0.05) is 17.7 Å². The maximum absolute atomic E-state index is 5.93. The van der Waals surface area contributed by atoms with Gasteiger partial charge in [0.15, 0.2) is 0 Å². The summed E-state index contributed by atoms with van der Waals surface area (Å²) in [6.45, 7) is 0. The van der Waals surface area contributed by atoms with E-state index >= 15 is 0 Å². The van der Waals surface area contributed by atoms with Crippen LogP contribution in [0.2, 0.25) is 5.02 Å². The fourth-order valence-electron chi connectivity index (χ4n) is 1.35. The zero-order valence-corrected chi connectivity index (χ0v) is 12.8. The summed E-state index contributed by atoms with van der Waals surface area (Å²) < 4.78 is 0.863. The van der Waals surface area contributed by atoms with Gasteiger partial charge in [-0.15, -0.1) is 11.8 Å². The van der Waals surface area contributed by atoms with Gasteiger partial charge in [0.05, 0.1) is 10.2 Å². The molecule has 0 spiro atoms. The molecule has 1 N–H and O–H groups in total. The zero-order chi connectivity index (χ0) is 13.0. The second kappa shape index (κ2) is 6.41. The maximum atomic E-state index is 5.93. The molecule has 0 radical (unpaired) electrons. The maximum Gasteiger partial charge on any atom is 0.143 e. The molecule has 6 heteroatoms. The number of anilines is 1. The molecule has 18 heavy (non-hydrogen) atoms. The molecule has 3 nitrogen and oxygen atoms in total. The molecule has 1 heterocycles. The molecular weight excluding hydrogens is 334 g/mol. The fraction of sp³-hybridized carbons (Fsp3) is 0.167. The minimum atomic E-state index is 0.711. The Morgan fingerprint density at radius 3 is 3.00 bits per heavy atom. The highest BCUT2D eigenvalue weighted by molar-refractivity contribution is 9.10. The first-order chi connectivity index (χ1) is 8.69. The molecule has 0 saturated heterocycles. The van der Waals surface area contributed by atoms with E-state index in [1.807, 2.05) is 31.3 Å². The Labute approximate surface area is 124 Å². The van der Waals surface area contributed by atoms with Crippen LogP contribution in [0.4, 0.5) is 5.82 Å². The van der Waals surface area contributed by atoms with Crippen molar-refractivity contribution in [2.24, 2.45) is 0 Å². The van der Waals surface area contributed by atoms with Crippen molar-refractivity contribution in [2.75, 3.05) is 12.4 Å². The van der Waals surface area contributed by atoms with E-state index in [9.17, 15) is 0 Å². The molecule has 0 aliphatic rings. The van der Waals surface area contributed by atoms with Gasteiger partial charge in [-0.25, -0.2) is 9.97 Å². The average molecular weight is 345 g/mol. The van der Waals surface area contributed by atoms with E-state index in [1.165, 1.54) is 0 Å². The van der Waals surface area contributed by atoms with E-state index in [1.54, 1.807) is 18.0 Å². The van der Waals surface area contributed by atoms with Crippen LogP contribution >= 0.6 is 39.3 Å². The summed E-state index contributed by atoms with van der Waals surface area (Å²) in [4.78, 5) is 9.79. The normalized spacial score (nSPS) is 10.4. The summed E-state index contributed by atoms with van der Waals surface area (Å²) in [6, 6.07) is 7.76. The predicted octanol–water partition coefficient (Wildman–Crippen LogP) is 4.23. The molecule has 0 saturated carbocycles. The van der Waals surface area contributed by atoms with E-state index in [0.717, 1.165) is 26.0 Å². The molecule has 2 rings (SSSR count). The van der Waals surface area contributed by atoms with Gasteiger partial charge >= 0.3 is 0 Å². The molecule has 0 aliphatic carbocycles. The van der Waals surface area contributed by atoms with Crippen molar-refractivity contribution in [2.45, 2.75) is 10.6 Å². The monoisotopic (exact) mass is 343 g/mol. The Morgan fingerprint density at radius 1 is 1.44 bits per heavy atom. The van der Waals surface area contributed by atoms with E-state index in [2.05, 4.69) is 31.2 Å². The molecule has 0 fully saturated rings. The Kier molecular flexibility index (Phi) is 4.86. The number of benzene rings is 1. The van der Waals surface area contributed by atoms with Gasteiger partial charge in [0.25, 0.3) is 0 Å². The molecule has 2 aromatic rings. The SMILES string of the molecule is CNc1nc(CSc2cccc(Cl)c2)ncc1Br. The summed E-state index contributed by atoms with van der Waals surface area (Å²) in [5.41, 5.74) is 0. The summed E-state index contributed by atoms with van der Waals surface area (Å²) in [6.07, 6.45) is 1.76. The molecule has 0 atom stereocenters. The Balaban J connectivity index is 2.06. The van der Waals surface area contributed by atoms with E-state index in [0.29, 0.717) is 5.75 Å². The highest BCUT2D eigenvalue weighted by Crippen LogP contribution is 2.25. The smallest absolute Gasteiger partial charge is 0.143 e. The number of rotatable bonds is 4. The zero-order valence-electron chi connectivity index (χ0n) is 9.65. The highest BCUT2D eigenvalue weighted by atomic mass is 79.9.